The van der Waals surface area contributed by atoms with Crippen molar-refractivity contribution in [3.8, 4) is 5.75 Å². The highest BCUT2D eigenvalue weighted by Gasteiger charge is 2.25. The molecule has 3 rings (SSSR count). The van der Waals surface area contributed by atoms with Gasteiger partial charge in [-0.15, -0.1) is 24.0 Å². The van der Waals surface area contributed by atoms with E-state index in [1.807, 2.05) is 36.1 Å². The maximum Gasteiger partial charge on any atom is 0.191 e. The van der Waals surface area contributed by atoms with Crippen molar-refractivity contribution >= 4 is 35.8 Å². The molecule has 0 radical (unpaired) electrons. The number of hydrogen-bond donors (Lipinski definition) is 2. The summed E-state index contributed by atoms with van der Waals surface area (Å²) >= 11 is 0. The van der Waals surface area contributed by atoms with Gasteiger partial charge in [0, 0.05) is 37.4 Å². The van der Waals surface area contributed by atoms with E-state index >= 15 is 0 Å². The van der Waals surface area contributed by atoms with E-state index in [4.69, 9.17) is 9.73 Å². The van der Waals surface area contributed by atoms with Crippen LogP contribution in [0.25, 0.3) is 0 Å². The summed E-state index contributed by atoms with van der Waals surface area (Å²) in [5, 5.41) is 6.74. The van der Waals surface area contributed by atoms with Gasteiger partial charge in [-0.25, -0.2) is 14.4 Å². The SMILES string of the molecule is C=CCOc1ccccc1CN=C(NCC)NC1CCN(c2ncccc2F)C1.I. The molecule has 0 amide bonds. The molecular formula is C22H29FIN5O. The van der Waals surface area contributed by atoms with E-state index in [1.165, 1.54) is 6.07 Å². The second-order valence-electron chi connectivity index (χ2n) is 6.79. The second kappa shape index (κ2) is 12.4. The Labute approximate surface area is 194 Å². The predicted molar refractivity (Wildman–Crippen MR) is 130 cm³/mol. The third kappa shape index (κ3) is 6.58. The summed E-state index contributed by atoms with van der Waals surface area (Å²) in [5.74, 6) is 1.67. The summed E-state index contributed by atoms with van der Waals surface area (Å²) in [5.41, 5.74) is 1.01. The Hall–Kier alpha value is -2.36. The standard InChI is InChI=1S/C22H28FN5O.HI/c1-3-14-29-20-10-6-5-8-17(20)15-26-22(24-4-2)27-18-11-13-28(16-18)21-19(23)9-7-12-25-21;/h3,5-10,12,18H,1,4,11,13-16H2,2H3,(H2,24,26,27);1H. The van der Waals surface area contributed by atoms with E-state index in [0.717, 1.165) is 36.8 Å². The molecule has 1 aliphatic rings. The third-order valence-electron chi connectivity index (χ3n) is 4.65. The van der Waals surface area contributed by atoms with Crippen molar-refractivity contribution < 1.29 is 9.13 Å². The molecule has 0 spiro atoms. The van der Waals surface area contributed by atoms with Crippen LogP contribution in [0.2, 0.25) is 0 Å². The second-order valence-corrected chi connectivity index (χ2v) is 6.79. The molecule has 2 N–H and O–H groups in total. The molecular weight excluding hydrogens is 496 g/mol. The smallest absolute Gasteiger partial charge is 0.191 e. The highest BCUT2D eigenvalue weighted by atomic mass is 127. The largest absolute Gasteiger partial charge is 0.489 e. The number of nitrogens with zero attached hydrogens (tertiary/aromatic N) is 3. The van der Waals surface area contributed by atoms with Crippen LogP contribution in [0.4, 0.5) is 10.2 Å². The van der Waals surface area contributed by atoms with Crippen LogP contribution in [0, 0.1) is 5.82 Å². The van der Waals surface area contributed by atoms with Gasteiger partial charge in [0.2, 0.25) is 0 Å². The van der Waals surface area contributed by atoms with Gasteiger partial charge in [0.25, 0.3) is 0 Å². The normalized spacial score (nSPS) is 16.0. The Morgan fingerprint density at radius 2 is 2.20 bits per heavy atom. The first-order valence-corrected chi connectivity index (χ1v) is 9.93. The van der Waals surface area contributed by atoms with Crippen molar-refractivity contribution in [2.75, 3.05) is 31.1 Å². The Morgan fingerprint density at radius 3 is 2.97 bits per heavy atom. The van der Waals surface area contributed by atoms with Crippen LogP contribution < -0.4 is 20.3 Å². The first-order chi connectivity index (χ1) is 14.2. The molecule has 30 heavy (non-hydrogen) atoms. The van der Waals surface area contributed by atoms with Crippen molar-refractivity contribution in [2.24, 2.45) is 4.99 Å². The number of aromatic nitrogens is 1. The van der Waals surface area contributed by atoms with E-state index in [2.05, 4.69) is 22.2 Å². The summed E-state index contributed by atoms with van der Waals surface area (Å²) in [7, 11) is 0. The number of anilines is 1. The lowest BCUT2D eigenvalue weighted by atomic mass is 10.2. The fraction of sp³-hybridized carbons (Fsp3) is 0.364. The van der Waals surface area contributed by atoms with Gasteiger partial charge in [0.15, 0.2) is 17.6 Å². The van der Waals surface area contributed by atoms with Crippen molar-refractivity contribution in [3.05, 3.63) is 66.6 Å². The van der Waals surface area contributed by atoms with Gasteiger partial charge in [-0.1, -0.05) is 30.9 Å². The minimum Gasteiger partial charge on any atom is -0.489 e. The van der Waals surface area contributed by atoms with Crippen LogP contribution in [0.15, 0.2) is 60.2 Å². The first kappa shape index (κ1) is 23.9. The zero-order valence-electron chi connectivity index (χ0n) is 17.2. The number of rotatable bonds is 8. The number of pyridine rings is 1. The summed E-state index contributed by atoms with van der Waals surface area (Å²) in [6.45, 7) is 8.86. The molecule has 0 saturated carbocycles. The van der Waals surface area contributed by atoms with Gasteiger partial charge in [0.05, 0.1) is 6.54 Å². The maximum absolute atomic E-state index is 14.0. The monoisotopic (exact) mass is 525 g/mol. The molecule has 1 atom stereocenters. The third-order valence-corrected chi connectivity index (χ3v) is 4.65. The molecule has 1 aliphatic heterocycles. The van der Waals surface area contributed by atoms with Crippen molar-refractivity contribution in [2.45, 2.75) is 25.9 Å². The van der Waals surface area contributed by atoms with Crippen LogP contribution in [0.3, 0.4) is 0 Å². The van der Waals surface area contributed by atoms with Gasteiger partial charge in [-0.05, 0) is 31.5 Å². The van der Waals surface area contributed by atoms with Crippen molar-refractivity contribution in [3.63, 3.8) is 0 Å². The lowest BCUT2D eigenvalue weighted by Gasteiger charge is -2.20. The van der Waals surface area contributed by atoms with Crippen molar-refractivity contribution in [1.82, 2.24) is 15.6 Å². The minimum absolute atomic E-state index is 0. The summed E-state index contributed by atoms with van der Waals surface area (Å²) < 4.78 is 19.7. The van der Waals surface area contributed by atoms with Crippen LogP contribution >= 0.6 is 24.0 Å². The zero-order chi connectivity index (χ0) is 20.5. The number of para-hydroxylation sites is 1. The molecule has 1 aromatic carbocycles. The van der Waals surface area contributed by atoms with Crippen LogP contribution in [-0.4, -0.2) is 43.2 Å². The number of benzene rings is 1. The number of guanidine groups is 1. The molecule has 0 aliphatic carbocycles. The van der Waals surface area contributed by atoms with Gasteiger partial charge >= 0.3 is 0 Å². The lowest BCUT2D eigenvalue weighted by Crippen LogP contribution is -2.44. The fourth-order valence-corrected chi connectivity index (χ4v) is 3.28. The van der Waals surface area contributed by atoms with E-state index in [-0.39, 0.29) is 35.8 Å². The van der Waals surface area contributed by atoms with Gasteiger partial charge < -0.3 is 20.3 Å². The topological polar surface area (TPSA) is 61.8 Å². The number of ether oxygens (including phenoxy) is 1. The highest BCUT2D eigenvalue weighted by molar-refractivity contribution is 14.0. The fourth-order valence-electron chi connectivity index (χ4n) is 3.28. The van der Waals surface area contributed by atoms with E-state index in [0.29, 0.717) is 25.5 Å². The molecule has 6 nitrogen and oxygen atoms in total. The molecule has 8 heteroatoms. The van der Waals surface area contributed by atoms with Crippen LogP contribution in [0.5, 0.6) is 5.75 Å². The lowest BCUT2D eigenvalue weighted by molar-refractivity contribution is 0.359. The quantitative estimate of drug-likeness (QED) is 0.238. The van der Waals surface area contributed by atoms with Crippen LogP contribution in [0.1, 0.15) is 18.9 Å². The summed E-state index contributed by atoms with van der Waals surface area (Å²) in [4.78, 5) is 10.9. The number of hydrogen-bond acceptors (Lipinski definition) is 4. The summed E-state index contributed by atoms with van der Waals surface area (Å²) in [6, 6.07) is 11.1. The molecule has 1 saturated heterocycles. The molecule has 2 heterocycles. The van der Waals surface area contributed by atoms with Gasteiger partial charge in [-0.3, -0.25) is 0 Å². The number of nitrogens with one attached hydrogen (secondary N) is 2. The maximum atomic E-state index is 14.0. The number of halogens is 2. The molecule has 162 valence electrons. The molecule has 1 aromatic heterocycles. The van der Waals surface area contributed by atoms with Gasteiger partial charge in [0.1, 0.15) is 12.4 Å². The van der Waals surface area contributed by atoms with E-state index in [9.17, 15) is 4.39 Å². The van der Waals surface area contributed by atoms with E-state index < -0.39 is 0 Å². The molecule has 1 unspecified atom stereocenters. The Balaban J connectivity index is 0.00000320. The predicted octanol–water partition coefficient (Wildman–Crippen LogP) is 3.74. The van der Waals surface area contributed by atoms with E-state index in [1.54, 1.807) is 18.3 Å². The van der Waals surface area contributed by atoms with Crippen LogP contribution in [-0.2, 0) is 6.54 Å². The number of aliphatic imine (C=N–C) groups is 1. The molecule has 0 bridgehead atoms. The average molecular weight is 525 g/mol. The first-order valence-electron chi connectivity index (χ1n) is 9.93. The molecule has 2 aromatic rings. The Morgan fingerprint density at radius 1 is 1.37 bits per heavy atom. The summed E-state index contributed by atoms with van der Waals surface area (Å²) in [6.07, 6.45) is 4.23. The molecule has 1 fully saturated rings. The Kier molecular flexibility index (Phi) is 9.85. The minimum atomic E-state index is -0.287. The highest BCUT2D eigenvalue weighted by Crippen LogP contribution is 2.21. The zero-order valence-corrected chi connectivity index (χ0v) is 19.5. The van der Waals surface area contributed by atoms with Gasteiger partial charge in [-0.2, -0.15) is 0 Å². The van der Waals surface area contributed by atoms with Crippen molar-refractivity contribution in [1.29, 1.82) is 0 Å². The average Bonchev–Trinajstić information content (AvgIpc) is 3.20. The Bertz CT molecular complexity index is 848.